The summed E-state index contributed by atoms with van der Waals surface area (Å²) in [5.74, 6) is -1.92. The van der Waals surface area contributed by atoms with E-state index in [1.165, 1.54) is 0 Å². The number of rotatable bonds is 1. The fraction of sp³-hybridized carbons (Fsp3) is 0.231. The fourth-order valence-corrected chi connectivity index (χ4v) is 2.42. The third kappa shape index (κ3) is 1.64. The van der Waals surface area contributed by atoms with E-state index in [9.17, 15) is 19.2 Å². The van der Waals surface area contributed by atoms with Gasteiger partial charge in [0.25, 0.3) is 11.8 Å². The van der Waals surface area contributed by atoms with Gasteiger partial charge < -0.3 is 0 Å². The lowest BCUT2D eigenvalue weighted by Crippen LogP contribution is -2.54. The van der Waals surface area contributed by atoms with E-state index in [-0.39, 0.29) is 18.7 Å². The largest absolute Gasteiger partial charge is 0.295 e. The van der Waals surface area contributed by atoms with Crippen LogP contribution >= 0.6 is 0 Å². The summed E-state index contributed by atoms with van der Waals surface area (Å²) in [6.45, 7) is 0. The highest BCUT2D eigenvalue weighted by Crippen LogP contribution is 2.26. The quantitative estimate of drug-likeness (QED) is 0.572. The van der Waals surface area contributed by atoms with E-state index in [0.717, 1.165) is 4.90 Å². The van der Waals surface area contributed by atoms with Gasteiger partial charge in [-0.05, 0) is 18.6 Å². The molecule has 2 heterocycles. The van der Waals surface area contributed by atoms with E-state index in [2.05, 4.69) is 5.32 Å². The average molecular weight is 259 g/mol. The number of hydrogen-bond donors (Lipinski definition) is 1. The van der Waals surface area contributed by atoms with Crippen LogP contribution in [-0.4, -0.2) is 34.6 Å². The molecule has 1 aromatic carbocycles. The van der Waals surface area contributed by atoms with Crippen LogP contribution in [0.1, 0.15) is 33.6 Å². The van der Waals surface area contributed by atoms with E-state index in [0.29, 0.717) is 11.1 Å². The van der Waals surface area contributed by atoms with E-state index in [1.807, 2.05) is 0 Å². The summed E-state index contributed by atoms with van der Waals surface area (Å²) < 4.78 is 0. The zero-order chi connectivity index (χ0) is 13.6. The molecular weight excluding hydrogens is 249 g/mol. The van der Waals surface area contributed by atoms with Crippen molar-refractivity contribution in [1.82, 2.24) is 10.2 Å². The minimum absolute atomic E-state index is 0.129. The van der Waals surface area contributed by atoms with Crippen LogP contribution in [0.25, 0.3) is 0 Å². The molecule has 4 amide bonds. The summed E-state index contributed by atoms with van der Waals surface area (Å²) >= 11 is 0. The van der Waals surface area contributed by atoms with Gasteiger partial charge in [0.2, 0.25) is 11.8 Å². The van der Waals surface area contributed by atoms with E-state index in [4.69, 9.17) is 0 Å². The van der Waals surface area contributed by atoms with Gasteiger partial charge >= 0.3 is 0 Å². The summed E-state index contributed by atoms with van der Waals surface area (Å²) in [7, 11) is 0. The molecule has 0 bridgehead atoms. The predicted octanol–water partition coefficient (Wildman–Crippen LogP) is 0.0878. The number of imide groups is 2. The Morgan fingerprint density at radius 1 is 1.00 bits per heavy atom. The number of carbonyl (C=O) groups excluding carboxylic acids is 4. The molecule has 0 aliphatic carbocycles. The van der Waals surface area contributed by atoms with Crippen molar-refractivity contribution in [2.75, 3.05) is 0 Å². The van der Waals surface area contributed by atoms with Crippen molar-refractivity contribution < 1.29 is 19.2 Å². The molecule has 0 spiro atoms. The number of piperidine rings is 1. The molecule has 6 nitrogen and oxygen atoms in total. The molecule has 0 saturated carbocycles. The predicted molar refractivity (Wildman–Crippen MR) is 63.1 cm³/mol. The number of fused-ring (bicyclic) bond motifs is 1. The van der Waals surface area contributed by atoms with Crippen LogP contribution in [0.15, 0.2) is 24.3 Å². The zero-order valence-corrected chi connectivity index (χ0v) is 9.88. The number of nitrogens with zero attached hydrogens (tertiary/aromatic N) is 1. The maximum Gasteiger partial charge on any atom is 0.262 e. The van der Waals surface area contributed by atoms with Crippen LogP contribution < -0.4 is 5.32 Å². The van der Waals surface area contributed by atoms with E-state index >= 15 is 0 Å². The first-order valence-electron chi connectivity index (χ1n) is 5.90. The van der Waals surface area contributed by atoms with Gasteiger partial charge in [0.1, 0.15) is 6.04 Å². The van der Waals surface area contributed by atoms with Gasteiger partial charge in [-0.3, -0.25) is 29.4 Å². The monoisotopic (exact) mass is 259 g/mol. The molecule has 96 valence electrons. The van der Waals surface area contributed by atoms with E-state index in [1.54, 1.807) is 24.3 Å². The van der Waals surface area contributed by atoms with Crippen LogP contribution in [-0.2, 0) is 9.59 Å². The van der Waals surface area contributed by atoms with Gasteiger partial charge in [-0.25, -0.2) is 0 Å². The highest BCUT2D eigenvalue weighted by atomic mass is 16.2. The van der Waals surface area contributed by atoms with Gasteiger partial charge in [0.05, 0.1) is 11.1 Å². The smallest absolute Gasteiger partial charge is 0.262 e. The summed E-state index contributed by atoms with van der Waals surface area (Å²) in [5.41, 5.74) is 0.606. The van der Waals surface area contributed by atoms with Gasteiger partial charge in [0.15, 0.2) is 0 Å². The summed E-state index contributed by atoms with van der Waals surface area (Å²) in [5, 5.41) is 2.15. The molecule has 6 heteroatoms. The highest BCUT2D eigenvalue weighted by Gasteiger charge is 2.44. The molecule has 3 rings (SSSR count). The van der Waals surface area contributed by atoms with Crippen molar-refractivity contribution in [2.24, 2.45) is 0 Å². The Hall–Kier alpha value is -2.50. The number of nitrogens with one attached hydrogen (secondary N) is 1. The average Bonchev–Trinajstić information content (AvgIpc) is 2.64. The summed E-state index contributed by atoms with van der Waals surface area (Å²) in [4.78, 5) is 48.1. The van der Waals surface area contributed by atoms with E-state index < -0.39 is 23.8 Å². The molecule has 0 aromatic heterocycles. The standard InChI is InChI=1S/C13H10N2O4/c16-10-6-5-9(11(17)14-10)15-12(18)7-3-1-2-4-8(7)13(15)19/h1-4,9H,5-6H2,(H,14,16,17)/i9+1. The molecule has 1 aromatic rings. The number of carbonyl (C=O) groups is 4. The molecule has 1 N–H and O–H groups in total. The van der Waals surface area contributed by atoms with Crippen LogP contribution in [0.5, 0.6) is 0 Å². The molecule has 2 aliphatic heterocycles. The van der Waals surface area contributed by atoms with Gasteiger partial charge in [-0.2, -0.15) is 0 Å². The van der Waals surface area contributed by atoms with Crippen LogP contribution in [0.2, 0.25) is 0 Å². The Labute approximate surface area is 108 Å². The Kier molecular flexibility index (Phi) is 2.45. The van der Waals surface area contributed by atoms with Crippen LogP contribution in [0.3, 0.4) is 0 Å². The molecule has 2 aliphatic rings. The lowest BCUT2D eigenvalue weighted by Gasteiger charge is -2.27. The Balaban J connectivity index is 1.96. The molecule has 19 heavy (non-hydrogen) atoms. The van der Waals surface area contributed by atoms with Crippen LogP contribution in [0.4, 0.5) is 0 Å². The second-order valence-corrected chi connectivity index (χ2v) is 4.49. The molecule has 0 radical (unpaired) electrons. The first-order valence-corrected chi connectivity index (χ1v) is 5.90. The normalized spacial score (nSPS) is 22.5. The zero-order valence-electron chi connectivity index (χ0n) is 9.88. The maximum atomic E-state index is 12.2. The SMILES string of the molecule is O=C1CC[13CH](N2C(=O)c3ccccc3C2=O)C(=O)N1. The van der Waals surface area contributed by atoms with Crippen molar-refractivity contribution in [1.29, 1.82) is 0 Å². The first-order chi connectivity index (χ1) is 9.09. The third-order valence-corrected chi connectivity index (χ3v) is 3.35. The number of amides is 4. The molecule has 1 atom stereocenters. The van der Waals surface area contributed by atoms with Gasteiger partial charge in [-0.15, -0.1) is 0 Å². The Morgan fingerprint density at radius 2 is 1.58 bits per heavy atom. The molecule has 1 unspecified atom stereocenters. The number of hydrogen-bond acceptors (Lipinski definition) is 4. The highest BCUT2D eigenvalue weighted by molar-refractivity contribution is 6.23. The van der Waals surface area contributed by atoms with Gasteiger partial charge in [-0.1, -0.05) is 12.1 Å². The van der Waals surface area contributed by atoms with Gasteiger partial charge in [0, 0.05) is 6.42 Å². The topological polar surface area (TPSA) is 83.6 Å². The van der Waals surface area contributed by atoms with Crippen molar-refractivity contribution in [3.05, 3.63) is 35.4 Å². The van der Waals surface area contributed by atoms with Crippen molar-refractivity contribution in [3.63, 3.8) is 0 Å². The molecular formula is C13H10N2O4. The summed E-state index contributed by atoms with van der Waals surface area (Å²) in [6.07, 6.45) is 0.306. The lowest BCUT2D eigenvalue weighted by molar-refractivity contribution is -0.136. The molecule has 1 saturated heterocycles. The minimum Gasteiger partial charge on any atom is -0.295 e. The molecule has 1 fully saturated rings. The lowest BCUT2D eigenvalue weighted by atomic mass is 10.1. The van der Waals surface area contributed by atoms with Crippen molar-refractivity contribution >= 4 is 23.6 Å². The van der Waals surface area contributed by atoms with Crippen molar-refractivity contribution in [2.45, 2.75) is 18.9 Å². The Bertz CT molecular complexity index is 588. The second kappa shape index (κ2) is 4.01. The third-order valence-electron chi connectivity index (χ3n) is 3.35. The second-order valence-electron chi connectivity index (χ2n) is 4.49. The minimum atomic E-state index is -0.898. The maximum absolute atomic E-state index is 12.2. The van der Waals surface area contributed by atoms with Crippen molar-refractivity contribution in [3.8, 4) is 0 Å². The fourth-order valence-electron chi connectivity index (χ4n) is 2.42. The first kappa shape index (κ1) is 11.6. The summed E-state index contributed by atoms with van der Waals surface area (Å²) in [6, 6.07) is 5.55. The van der Waals surface area contributed by atoms with Crippen LogP contribution in [0, 0.1) is 0 Å². The Morgan fingerprint density at radius 3 is 2.11 bits per heavy atom. The number of benzene rings is 1.